The number of allylic oxidation sites excluding steroid dienone is 1. The maximum absolute atomic E-state index is 7.51. The molecule has 5 heteroatoms. The summed E-state index contributed by atoms with van der Waals surface area (Å²) in [7, 11) is 0. The Labute approximate surface area is 111 Å². The molecule has 0 radical (unpaired) electrons. The average Bonchev–Trinajstić information content (AvgIpc) is 2.16. The van der Waals surface area contributed by atoms with Crippen molar-refractivity contribution in [2.24, 2.45) is 0 Å². The Morgan fingerprint density at radius 3 is 2.38 bits per heavy atom. The van der Waals surface area contributed by atoms with Crippen LogP contribution in [-0.4, -0.2) is 15.8 Å². The molecule has 0 aromatic carbocycles. The van der Waals surface area contributed by atoms with Gasteiger partial charge in [-0.2, -0.15) is 0 Å². The zero-order valence-corrected chi connectivity index (χ0v) is 11.7. The van der Waals surface area contributed by atoms with Crippen molar-refractivity contribution in [3.63, 3.8) is 0 Å². The molecule has 1 atom stereocenters. The monoisotopic (exact) mass is 283 g/mol. The number of hydrogen-bond acceptors (Lipinski definition) is 2. The first kappa shape index (κ1) is 14.1. The van der Waals surface area contributed by atoms with E-state index in [0.29, 0.717) is 0 Å². The van der Waals surface area contributed by atoms with Crippen LogP contribution in [0.5, 0.6) is 0 Å². The second kappa shape index (κ2) is 5.61. The summed E-state index contributed by atoms with van der Waals surface area (Å²) in [6.45, 7) is 4.00. The lowest BCUT2D eigenvalue weighted by Gasteiger charge is -2.25. The predicted octanol–water partition coefficient (Wildman–Crippen LogP) is 4.63. The van der Waals surface area contributed by atoms with Crippen molar-refractivity contribution in [3.8, 4) is 0 Å². The second-order valence-corrected chi connectivity index (χ2v) is 6.38. The molecule has 1 aliphatic rings. The van der Waals surface area contributed by atoms with Crippen molar-refractivity contribution in [3.05, 3.63) is 11.1 Å². The van der Waals surface area contributed by atoms with Gasteiger partial charge in [-0.3, -0.25) is 5.41 Å². The first-order valence-corrected chi connectivity index (χ1v) is 6.46. The van der Waals surface area contributed by atoms with Gasteiger partial charge < -0.3 is 4.74 Å². The molecule has 2 nitrogen and oxygen atoms in total. The molecule has 0 spiro atoms. The van der Waals surface area contributed by atoms with Gasteiger partial charge in [-0.15, -0.1) is 0 Å². The smallest absolute Gasteiger partial charge is 0.265 e. The number of rotatable bonds is 2. The molecule has 0 amide bonds. The molecule has 1 N–H and O–H groups in total. The summed E-state index contributed by atoms with van der Waals surface area (Å²) in [5.74, 6) is -0.309. The van der Waals surface area contributed by atoms with Crippen molar-refractivity contribution >= 4 is 40.7 Å². The van der Waals surface area contributed by atoms with Crippen molar-refractivity contribution < 1.29 is 4.74 Å². The first-order valence-electron chi connectivity index (χ1n) is 5.33. The van der Waals surface area contributed by atoms with Gasteiger partial charge in [0.1, 0.15) is 6.10 Å². The molecule has 0 fully saturated rings. The van der Waals surface area contributed by atoms with Gasteiger partial charge in [-0.05, 0) is 45.1 Å². The fourth-order valence-corrected chi connectivity index (χ4v) is 2.08. The quantitative estimate of drug-likeness (QED) is 0.341. The number of alkyl halides is 3. The van der Waals surface area contributed by atoms with Gasteiger partial charge >= 0.3 is 0 Å². The molecule has 1 rings (SSSR count). The van der Waals surface area contributed by atoms with E-state index in [1.54, 1.807) is 0 Å². The van der Waals surface area contributed by atoms with E-state index in [1.807, 2.05) is 6.92 Å². The summed E-state index contributed by atoms with van der Waals surface area (Å²) in [6.07, 6.45) is 4.33. The van der Waals surface area contributed by atoms with Crippen molar-refractivity contribution in [1.29, 1.82) is 5.41 Å². The number of hydrogen-bond donors (Lipinski definition) is 1. The zero-order valence-electron chi connectivity index (χ0n) is 9.45. The number of nitrogens with one attached hydrogen (secondary N) is 1. The summed E-state index contributed by atoms with van der Waals surface area (Å²) in [5, 5.41) is 7.51. The molecule has 92 valence electrons. The van der Waals surface area contributed by atoms with E-state index in [4.69, 9.17) is 44.9 Å². The molecule has 16 heavy (non-hydrogen) atoms. The highest BCUT2D eigenvalue weighted by Gasteiger charge is 2.31. The first-order chi connectivity index (χ1) is 7.32. The van der Waals surface area contributed by atoms with E-state index in [2.05, 4.69) is 6.92 Å². The third-order valence-electron chi connectivity index (χ3n) is 2.84. The third-order valence-corrected chi connectivity index (χ3v) is 3.35. The van der Waals surface area contributed by atoms with E-state index in [1.165, 1.54) is 24.0 Å². The maximum atomic E-state index is 7.51. The van der Waals surface area contributed by atoms with Crippen LogP contribution in [0.2, 0.25) is 0 Å². The average molecular weight is 285 g/mol. The third kappa shape index (κ3) is 3.83. The van der Waals surface area contributed by atoms with Crippen LogP contribution >= 0.6 is 34.8 Å². The summed E-state index contributed by atoms with van der Waals surface area (Å²) >= 11 is 16.7. The largest absolute Gasteiger partial charge is 0.471 e. The van der Waals surface area contributed by atoms with Crippen LogP contribution in [0.3, 0.4) is 0 Å². The Kier molecular flexibility index (Phi) is 4.96. The van der Waals surface area contributed by atoms with E-state index in [9.17, 15) is 0 Å². The summed E-state index contributed by atoms with van der Waals surface area (Å²) in [5.41, 5.74) is 2.58. The van der Waals surface area contributed by atoms with Crippen LogP contribution in [0.25, 0.3) is 0 Å². The highest BCUT2D eigenvalue weighted by atomic mass is 35.6. The second-order valence-electron chi connectivity index (χ2n) is 4.10. The maximum Gasteiger partial charge on any atom is 0.265 e. The van der Waals surface area contributed by atoms with Crippen molar-refractivity contribution in [2.45, 2.75) is 49.4 Å². The van der Waals surface area contributed by atoms with Crippen LogP contribution in [0.4, 0.5) is 0 Å². The molecule has 0 saturated heterocycles. The molecule has 0 saturated carbocycles. The topological polar surface area (TPSA) is 33.1 Å². The number of halogens is 3. The minimum absolute atomic E-state index is 0.177. The van der Waals surface area contributed by atoms with Crippen LogP contribution in [0.1, 0.15) is 39.5 Å². The normalized spacial score (nSPS) is 19.6. The lowest BCUT2D eigenvalue weighted by atomic mass is 9.90. The van der Waals surface area contributed by atoms with E-state index >= 15 is 0 Å². The standard InChI is InChI=1S/C11H16Cl3NO/c1-7-5-3-4-6-9(7)8(2)16-10(15)11(12,13)14/h8,15H,3-6H2,1-2H3/t8-/m0/s1. The van der Waals surface area contributed by atoms with Crippen LogP contribution in [0.15, 0.2) is 11.1 Å². The SMILES string of the molecule is CC1=C([C@H](C)OC(=N)C(Cl)(Cl)Cl)CCCC1. The molecule has 0 bridgehead atoms. The molecule has 0 aromatic rings. The van der Waals surface area contributed by atoms with Crippen LogP contribution in [-0.2, 0) is 4.74 Å². The van der Waals surface area contributed by atoms with Gasteiger partial charge in [0.25, 0.3) is 3.79 Å². The summed E-state index contributed by atoms with van der Waals surface area (Å²) in [4.78, 5) is 0. The minimum Gasteiger partial charge on any atom is -0.471 e. The molecule has 1 aliphatic carbocycles. The van der Waals surface area contributed by atoms with E-state index < -0.39 is 3.79 Å². The van der Waals surface area contributed by atoms with Crippen molar-refractivity contribution in [1.82, 2.24) is 0 Å². The van der Waals surface area contributed by atoms with Gasteiger partial charge in [-0.1, -0.05) is 40.4 Å². The fraction of sp³-hybridized carbons (Fsp3) is 0.727. The van der Waals surface area contributed by atoms with Gasteiger partial charge in [0, 0.05) is 0 Å². The Hall–Kier alpha value is 0.0800. The Balaban J connectivity index is 2.65. The molecular weight excluding hydrogens is 268 g/mol. The summed E-state index contributed by atoms with van der Waals surface area (Å²) < 4.78 is 3.59. The molecule has 0 aliphatic heterocycles. The highest BCUT2D eigenvalue weighted by molar-refractivity contribution is 6.76. The molecule has 0 unspecified atom stereocenters. The van der Waals surface area contributed by atoms with E-state index in [0.717, 1.165) is 12.8 Å². The highest BCUT2D eigenvalue weighted by Crippen LogP contribution is 2.32. The van der Waals surface area contributed by atoms with Crippen LogP contribution in [0, 0.1) is 5.41 Å². The molecule has 0 heterocycles. The van der Waals surface area contributed by atoms with Crippen LogP contribution < -0.4 is 0 Å². The minimum atomic E-state index is -1.77. The fourth-order valence-electron chi connectivity index (χ4n) is 1.94. The molecule has 0 aromatic heterocycles. The van der Waals surface area contributed by atoms with Gasteiger partial charge in [0.2, 0.25) is 5.90 Å². The molecular formula is C11H16Cl3NO. The zero-order chi connectivity index (χ0) is 12.3. The lowest BCUT2D eigenvalue weighted by Crippen LogP contribution is -2.27. The van der Waals surface area contributed by atoms with Gasteiger partial charge in [0.15, 0.2) is 0 Å². The lowest BCUT2D eigenvalue weighted by molar-refractivity contribution is 0.227. The Morgan fingerprint density at radius 2 is 1.88 bits per heavy atom. The van der Waals surface area contributed by atoms with Gasteiger partial charge in [-0.25, -0.2) is 0 Å². The number of ether oxygens (including phenoxy) is 1. The predicted molar refractivity (Wildman–Crippen MR) is 69.7 cm³/mol. The van der Waals surface area contributed by atoms with Crippen molar-refractivity contribution in [2.75, 3.05) is 0 Å². The van der Waals surface area contributed by atoms with Gasteiger partial charge in [0.05, 0.1) is 0 Å². The summed E-state index contributed by atoms with van der Waals surface area (Å²) in [6, 6.07) is 0. The Morgan fingerprint density at radius 1 is 1.31 bits per heavy atom. The Bertz CT molecular complexity index is 307. The van der Waals surface area contributed by atoms with E-state index in [-0.39, 0.29) is 12.0 Å².